The van der Waals surface area contributed by atoms with Crippen LogP contribution in [-0.2, 0) is 26.2 Å². The number of hydrogen-bond donors (Lipinski definition) is 1. The van der Waals surface area contributed by atoms with Gasteiger partial charge in [0.15, 0.2) is 0 Å². The Balaban J connectivity index is 2.49. The van der Waals surface area contributed by atoms with E-state index in [1.54, 1.807) is 12.1 Å². The molecule has 0 spiro atoms. The van der Waals surface area contributed by atoms with E-state index in [0.717, 1.165) is 39.2 Å². The standard InChI is InChI=1S/C27H39N3O4S/c1-8-22(6)28-27(32)25(9-2)29(17-23-13-11-10-12-21(23)5)26(31)18-30(35(7,33)34)24-15-19(3)14-20(4)16-24/h10-16,22,25H,8-9,17-18H2,1-7H3,(H,28,32). The van der Waals surface area contributed by atoms with Crippen molar-refractivity contribution in [3.63, 3.8) is 0 Å². The molecule has 0 bridgehead atoms. The molecule has 192 valence electrons. The highest BCUT2D eigenvalue weighted by molar-refractivity contribution is 7.92. The lowest BCUT2D eigenvalue weighted by Gasteiger charge is -2.33. The van der Waals surface area contributed by atoms with Crippen LogP contribution in [0.4, 0.5) is 5.69 Å². The topological polar surface area (TPSA) is 86.8 Å². The van der Waals surface area contributed by atoms with Crippen LogP contribution in [0.2, 0.25) is 0 Å². The van der Waals surface area contributed by atoms with Crippen LogP contribution < -0.4 is 9.62 Å². The fourth-order valence-corrected chi connectivity index (χ4v) is 4.87. The van der Waals surface area contributed by atoms with E-state index in [4.69, 9.17) is 0 Å². The minimum atomic E-state index is -3.75. The van der Waals surface area contributed by atoms with Crippen molar-refractivity contribution in [1.82, 2.24) is 10.2 Å². The molecular formula is C27H39N3O4S. The summed E-state index contributed by atoms with van der Waals surface area (Å²) in [5.74, 6) is -0.662. The number of aryl methyl sites for hydroxylation is 3. The zero-order valence-electron chi connectivity index (χ0n) is 22.0. The van der Waals surface area contributed by atoms with Gasteiger partial charge in [-0.1, -0.05) is 44.2 Å². The number of anilines is 1. The van der Waals surface area contributed by atoms with Gasteiger partial charge in [-0.25, -0.2) is 8.42 Å². The second kappa shape index (κ2) is 12.2. The molecular weight excluding hydrogens is 462 g/mol. The molecule has 0 aliphatic heterocycles. The molecule has 0 heterocycles. The Morgan fingerprint density at radius 3 is 2.09 bits per heavy atom. The van der Waals surface area contributed by atoms with E-state index < -0.39 is 22.0 Å². The summed E-state index contributed by atoms with van der Waals surface area (Å²) in [6.07, 6.45) is 2.27. The number of carbonyl (C=O) groups excluding carboxylic acids is 2. The Labute approximate surface area is 210 Å². The predicted molar refractivity (Wildman–Crippen MR) is 142 cm³/mol. The van der Waals surface area contributed by atoms with Crippen molar-refractivity contribution in [2.24, 2.45) is 0 Å². The summed E-state index contributed by atoms with van der Waals surface area (Å²) in [5, 5.41) is 2.98. The van der Waals surface area contributed by atoms with Gasteiger partial charge in [0, 0.05) is 12.6 Å². The van der Waals surface area contributed by atoms with E-state index in [2.05, 4.69) is 5.32 Å². The van der Waals surface area contributed by atoms with Crippen LogP contribution in [0.5, 0.6) is 0 Å². The molecule has 0 saturated carbocycles. The van der Waals surface area contributed by atoms with Crippen molar-refractivity contribution in [3.8, 4) is 0 Å². The lowest BCUT2D eigenvalue weighted by molar-refractivity contribution is -0.140. The monoisotopic (exact) mass is 501 g/mol. The quantitative estimate of drug-likeness (QED) is 0.502. The number of nitrogens with one attached hydrogen (secondary N) is 1. The molecule has 2 unspecified atom stereocenters. The van der Waals surface area contributed by atoms with E-state index in [1.165, 1.54) is 4.90 Å². The van der Waals surface area contributed by atoms with Gasteiger partial charge in [0.25, 0.3) is 0 Å². The number of amides is 2. The smallest absolute Gasteiger partial charge is 0.244 e. The fourth-order valence-electron chi connectivity index (χ4n) is 4.04. The molecule has 2 aromatic carbocycles. The summed E-state index contributed by atoms with van der Waals surface area (Å²) in [6, 6.07) is 12.4. The second-order valence-corrected chi connectivity index (χ2v) is 11.2. The van der Waals surface area contributed by atoms with Crippen LogP contribution in [0.1, 0.15) is 55.9 Å². The van der Waals surface area contributed by atoms with Crippen LogP contribution in [0.25, 0.3) is 0 Å². The number of sulfonamides is 1. The molecule has 0 radical (unpaired) electrons. The fraction of sp³-hybridized carbons (Fsp3) is 0.481. The number of nitrogens with zero attached hydrogens (tertiary/aromatic N) is 2. The van der Waals surface area contributed by atoms with Crippen molar-refractivity contribution in [2.75, 3.05) is 17.1 Å². The normalized spacial score (nSPS) is 13.1. The average molecular weight is 502 g/mol. The van der Waals surface area contributed by atoms with Gasteiger partial charge in [-0.2, -0.15) is 0 Å². The molecule has 35 heavy (non-hydrogen) atoms. The van der Waals surface area contributed by atoms with Crippen molar-refractivity contribution < 1.29 is 18.0 Å². The highest BCUT2D eigenvalue weighted by atomic mass is 32.2. The third kappa shape index (κ3) is 7.82. The van der Waals surface area contributed by atoms with Gasteiger partial charge < -0.3 is 10.2 Å². The number of carbonyl (C=O) groups is 2. The van der Waals surface area contributed by atoms with Gasteiger partial charge in [-0.05, 0) is 74.9 Å². The Hall–Kier alpha value is -2.87. The first-order valence-corrected chi connectivity index (χ1v) is 13.9. The molecule has 2 amide bonds. The molecule has 0 saturated heterocycles. The minimum Gasteiger partial charge on any atom is -0.352 e. The van der Waals surface area contributed by atoms with Gasteiger partial charge in [0.1, 0.15) is 12.6 Å². The predicted octanol–water partition coefficient (Wildman–Crippen LogP) is 4.10. The second-order valence-electron chi connectivity index (χ2n) is 9.31. The molecule has 1 N–H and O–H groups in total. The van der Waals surface area contributed by atoms with Crippen LogP contribution in [0.15, 0.2) is 42.5 Å². The molecule has 2 aromatic rings. The molecule has 8 heteroatoms. The molecule has 0 aliphatic rings. The Morgan fingerprint density at radius 1 is 0.971 bits per heavy atom. The SMILES string of the molecule is CCC(C)NC(=O)C(CC)N(Cc1ccccc1C)C(=O)CN(c1cc(C)cc(C)c1)S(C)(=O)=O. The molecule has 7 nitrogen and oxygen atoms in total. The molecule has 0 aromatic heterocycles. The van der Waals surface area contributed by atoms with Gasteiger partial charge in [-0.15, -0.1) is 0 Å². The van der Waals surface area contributed by atoms with E-state index in [9.17, 15) is 18.0 Å². The van der Waals surface area contributed by atoms with Crippen LogP contribution in [-0.4, -0.2) is 50.0 Å². The van der Waals surface area contributed by atoms with Gasteiger partial charge in [0.2, 0.25) is 21.8 Å². The number of hydrogen-bond acceptors (Lipinski definition) is 4. The lowest BCUT2D eigenvalue weighted by Crippen LogP contribution is -2.53. The molecule has 0 aliphatic carbocycles. The van der Waals surface area contributed by atoms with E-state index in [-0.39, 0.29) is 25.0 Å². The first-order chi connectivity index (χ1) is 16.4. The highest BCUT2D eigenvalue weighted by Gasteiger charge is 2.32. The van der Waals surface area contributed by atoms with Crippen LogP contribution in [0.3, 0.4) is 0 Å². The van der Waals surface area contributed by atoms with Crippen molar-refractivity contribution >= 4 is 27.5 Å². The first-order valence-electron chi connectivity index (χ1n) is 12.1. The Kier molecular flexibility index (Phi) is 9.89. The maximum absolute atomic E-state index is 13.8. The number of benzene rings is 2. The van der Waals surface area contributed by atoms with E-state index in [1.807, 2.05) is 71.9 Å². The number of rotatable bonds is 11. The van der Waals surface area contributed by atoms with Gasteiger partial charge >= 0.3 is 0 Å². The zero-order chi connectivity index (χ0) is 26.3. The van der Waals surface area contributed by atoms with Crippen LogP contribution in [0, 0.1) is 20.8 Å². The average Bonchev–Trinajstić information content (AvgIpc) is 2.76. The lowest BCUT2D eigenvalue weighted by atomic mass is 10.1. The maximum Gasteiger partial charge on any atom is 0.244 e. The Morgan fingerprint density at radius 2 is 1.57 bits per heavy atom. The summed E-state index contributed by atoms with van der Waals surface area (Å²) in [6.45, 7) is 11.3. The summed E-state index contributed by atoms with van der Waals surface area (Å²) in [7, 11) is -3.75. The third-order valence-corrected chi connectivity index (χ3v) is 7.30. The largest absolute Gasteiger partial charge is 0.352 e. The zero-order valence-corrected chi connectivity index (χ0v) is 22.8. The van der Waals surface area contributed by atoms with Crippen molar-refractivity contribution in [2.45, 2.75) is 73.0 Å². The molecule has 0 fully saturated rings. The van der Waals surface area contributed by atoms with Crippen molar-refractivity contribution in [1.29, 1.82) is 0 Å². The molecule has 2 atom stereocenters. The first kappa shape index (κ1) is 28.4. The summed E-state index contributed by atoms with van der Waals surface area (Å²) >= 11 is 0. The summed E-state index contributed by atoms with van der Waals surface area (Å²) in [5.41, 5.74) is 4.14. The van der Waals surface area contributed by atoms with Gasteiger partial charge in [0.05, 0.1) is 11.9 Å². The van der Waals surface area contributed by atoms with E-state index >= 15 is 0 Å². The summed E-state index contributed by atoms with van der Waals surface area (Å²) < 4.78 is 26.6. The summed E-state index contributed by atoms with van der Waals surface area (Å²) in [4.78, 5) is 28.4. The minimum absolute atomic E-state index is 0.0326. The highest BCUT2D eigenvalue weighted by Crippen LogP contribution is 2.23. The van der Waals surface area contributed by atoms with Crippen LogP contribution >= 0.6 is 0 Å². The Bertz CT molecular complexity index is 1130. The maximum atomic E-state index is 13.8. The van der Waals surface area contributed by atoms with E-state index in [0.29, 0.717) is 12.1 Å². The van der Waals surface area contributed by atoms with Gasteiger partial charge in [-0.3, -0.25) is 13.9 Å². The third-order valence-electron chi connectivity index (χ3n) is 6.16. The molecule has 2 rings (SSSR count). The van der Waals surface area contributed by atoms with Crippen molar-refractivity contribution in [3.05, 3.63) is 64.7 Å².